The number of carbonyl (C=O) groups excluding carboxylic acids is 3. The van der Waals surface area contributed by atoms with Crippen LogP contribution in [0.25, 0.3) is 0 Å². The van der Waals surface area contributed by atoms with Crippen LogP contribution >= 0.6 is 22.6 Å². The Hall–Kier alpha value is -9.52. The van der Waals surface area contributed by atoms with Gasteiger partial charge in [-0.3, -0.25) is 39.1 Å². The molecule has 23 nitrogen and oxygen atoms in total. The molecule has 13 atom stereocenters. The smallest absolute Gasteiger partial charge is 0.481 e. The first kappa shape index (κ1) is 93.2. The van der Waals surface area contributed by atoms with Crippen LogP contribution < -0.4 is 48.0 Å². The van der Waals surface area contributed by atoms with Crippen LogP contribution in [0.4, 0.5) is 45.2 Å². The number of esters is 3. The van der Waals surface area contributed by atoms with Gasteiger partial charge in [-0.1, -0.05) is 98.7 Å². The third-order valence-electron chi connectivity index (χ3n) is 27.1. The molecule has 4 saturated carbocycles. The SMILES string of the molecule is COC(=O)[C@H]1C[C@@H]1c1cnc(N[C@@H]2CCc3c(B4OC(C)(C)C(C)(C)O4)ccc(F)c32)cn1.COC(=O)[C@H]1C[C@@H]1c1cnc(N[C@@H]2CCc3c(I)ccc(F)c32)cn1.COC(=O)[C@H]1C[C@@H]1c1cnc(N[C@@H]2CCc3c([Si](C)(C)C)ccc(F)c32)cn1.C[Si](C)(C)c1ccc(F)c2c1CC[C@H]2N.C[Si](C)(C)c1ccc(F)c2c1CC[C@H]2Nc1cnc([C@H]2C[C@@H]2C(=O)O)cn1. The summed E-state index contributed by atoms with van der Waals surface area (Å²) in [6.45, 7) is 28.7. The average Bonchev–Trinajstić information content (AvgIpc) is 1.59. The molecular formula is C95H114BF5IN13O10Si3. The van der Waals surface area contributed by atoms with Crippen molar-refractivity contribution in [2.45, 2.75) is 242 Å². The highest BCUT2D eigenvalue weighted by molar-refractivity contribution is 14.1. The second kappa shape index (κ2) is 37.0. The summed E-state index contributed by atoms with van der Waals surface area (Å²) in [6, 6.07) is 16.7. The standard InChI is InChI=1S/C24H29BFN3O4.C21H26FN3O2Si.C20H24FN3O2Si.C18H17FIN3O2.C12H18FNSi/c1-23(2)24(3,4)33-25(32-23)16-7-8-17(26)21-13(16)6-9-18(21)29-20-12-27-19(11-28-20)14-10-15(14)22(30)31-5;1-27-21(26)14-9-13(14)17-10-24-19(11-23-17)25-16-7-5-12-18(28(2,3)4)8-6-15(22)20(12)16;1-27(2,3)17-7-5-14(21)19-11(17)4-6-15(19)24-18-10-22-16(9-23-18)12-8-13(12)20(25)26;1-25-18(24)11-6-10(11)15-7-22-16(8-21-15)23-14-5-2-9-13(20)4-3-12(19)17(9)14;1-15(2,3)11-7-5-9(13)12-8(11)4-6-10(12)14/h7-8,11-12,14-15,18H,6,9-10H2,1-5H3,(H,28,29);6,8,10-11,13-14,16H,5,7,9H2,1-4H3,(H,24,25);5,7,9-10,12-13,15H,4,6,8H2,1-3H3,(H,23,24)(H,25,26);3-4,7-8,10-11,14H,2,5-6H2,1H3,(H,22,23);5,7,10H,4,6,14H2,1-3H3/t14-,15-,18+;13-,14-,16+;12-,13-,15+;10-,11-,14+;10-/m00001/s1. The van der Waals surface area contributed by atoms with Gasteiger partial charge in [0.15, 0.2) is 0 Å². The summed E-state index contributed by atoms with van der Waals surface area (Å²) in [4.78, 5) is 81.2. The number of aliphatic carboxylic acids is 1. The fourth-order valence-corrected chi connectivity index (χ4v) is 25.2. The Morgan fingerprint density at radius 2 is 0.688 bits per heavy atom. The van der Waals surface area contributed by atoms with Crippen molar-refractivity contribution in [1.82, 2.24) is 39.9 Å². The number of anilines is 4. The van der Waals surface area contributed by atoms with Crippen LogP contribution in [0.3, 0.4) is 0 Å². The minimum absolute atomic E-state index is 0.0343. The molecule has 33 heteroatoms. The summed E-state index contributed by atoms with van der Waals surface area (Å²) >= 11 is 2.25. The number of hydrogen-bond acceptors (Lipinski definition) is 22. The van der Waals surface area contributed by atoms with Gasteiger partial charge in [0.1, 0.15) is 52.4 Å². The molecule has 4 aromatic heterocycles. The van der Waals surface area contributed by atoms with Gasteiger partial charge in [-0.2, -0.15) is 0 Å². The molecule has 7 N–H and O–H groups in total. The van der Waals surface area contributed by atoms with Gasteiger partial charge >= 0.3 is 31.0 Å². The fraction of sp³-hybridized carbons (Fsp3) is 0.474. The van der Waals surface area contributed by atoms with Crippen molar-refractivity contribution in [3.63, 3.8) is 0 Å². The minimum atomic E-state index is -1.53. The van der Waals surface area contributed by atoms with Crippen LogP contribution in [0.2, 0.25) is 58.9 Å². The molecule has 19 rings (SSSR count). The van der Waals surface area contributed by atoms with Crippen LogP contribution in [0, 0.1) is 56.3 Å². The van der Waals surface area contributed by atoms with E-state index < -0.39 is 48.5 Å². The molecule has 676 valence electrons. The minimum Gasteiger partial charge on any atom is -0.481 e. The van der Waals surface area contributed by atoms with Gasteiger partial charge in [0.25, 0.3) is 0 Å². The molecule has 0 amide bonds. The van der Waals surface area contributed by atoms with Gasteiger partial charge in [-0.25, -0.2) is 41.9 Å². The Balaban J connectivity index is 0.000000125. The first-order valence-corrected chi connectivity index (χ1v) is 55.9. The number of methoxy groups -OCH3 is 3. The summed E-state index contributed by atoms with van der Waals surface area (Å²) in [6.07, 6.45) is 24.7. The van der Waals surface area contributed by atoms with E-state index >= 15 is 0 Å². The van der Waals surface area contributed by atoms with E-state index in [-0.39, 0.29) is 125 Å². The van der Waals surface area contributed by atoms with Crippen molar-refractivity contribution < 1.29 is 69.8 Å². The van der Waals surface area contributed by atoms with Crippen molar-refractivity contribution in [1.29, 1.82) is 0 Å². The predicted octanol–water partition coefficient (Wildman–Crippen LogP) is 16.2. The molecule has 128 heavy (non-hydrogen) atoms. The third-order valence-corrected chi connectivity index (χ3v) is 34.4. The molecule has 0 unspecified atom stereocenters. The maximum atomic E-state index is 14.9. The maximum absolute atomic E-state index is 14.9. The zero-order valence-electron chi connectivity index (χ0n) is 75.4. The van der Waals surface area contributed by atoms with E-state index in [1.807, 2.05) is 52.0 Å². The molecule has 9 aliphatic carbocycles. The van der Waals surface area contributed by atoms with E-state index in [0.717, 1.165) is 143 Å². The van der Waals surface area contributed by atoms with E-state index in [4.69, 9.17) is 34.4 Å². The molecule has 0 spiro atoms. The molecule has 0 bridgehead atoms. The number of carboxylic acids is 1. The Bertz CT molecular complexity index is 5690. The number of nitrogens with zero attached hydrogens (tertiary/aromatic N) is 8. The molecule has 9 aromatic rings. The van der Waals surface area contributed by atoms with Gasteiger partial charge in [0.2, 0.25) is 0 Å². The zero-order chi connectivity index (χ0) is 91.7. The molecule has 1 saturated heterocycles. The number of ether oxygens (including phenoxy) is 3. The number of nitrogens with one attached hydrogen (secondary N) is 4. The number of carboxylic acid groups (broad SMARTS) is 1. The summed E-state index contributed by atoms with van der Waals surface area (Å²) in [5.41, 5.74) is 18.3. The van der Waals surface area contributed by atoms with E-state index in [1.54, 1.807) is 73.8 Å². The molecule has 5 aromatic carbocycles. The Labute approximate surface area is 761 Å². The van der Waals surface area contributed by atoms with Gasteiger partial charge in [-0.05, 0) is 210 Å². The number of benzene rings is 5. The number of aromatic nitrogens is 8. The van der Waals surface area contributed by atoms with Crippen molar-refractivity contribution >= 4 is 122 Å². The van der Waals surface area contributed by atoms with Crippen LogP contribution in [0.1, 0.15) is 218 Å². The van der Waals surface area contributed by atoms with Gasteiger partial charge in [0, 0.05) is 61.1 Å². The lowest BCUT2D eigenvalue weighted by Gasteiger charge is -2.32. The first-order valence-electron chi connectivity index (χ1n) is 44.3. The summed E-state index contributed by atoms with van der Waals surface area (Å²) < 4.78 is 99.9. The van der Waals surface area contributed by atoms with Crippen LogP contribution in [-0.4, -0.2) is 133 Å². The molecular weight excluding hydrogens is 1800 g/mol. The van der Waals surface area contributed by atoms with E-state index in [1.165, 1.54) is 65.7 Å². The van der Waals surface area contributed by atoms with E-state index in [9.17, 15) is 41.1 Å². The fourth-order valence-electron chi connectivity index (χ4n) is 19.2. The van der Waals surface area contributed by atoms with Crippen LogP contribution in [0.5, 0.6) is 0 Å². The van der Waals surface area contributed by atoms with E-state index in [0.29, 0.717) is 40.9 Å². The second-order valence-electron chi connectivity index (χ2n) is 39.3. The van der Waals surface area contributed by atoms with Gasteiger partial charge < -0.3 is 55.6 Å². The summed E-state index contributed by atoms with van der Waals surface area (Å²) in [5, 5.41) is 26.4. The number of fused-ring (bicyclic) bond motifs is 5. The molecule has 5 fully saturated rings. The number of rotatable bonds is 20. The summed E-state index contributed by atoms with van der Waals surface area (Å²) in [7, 11) is -0.751. The number of carbonyl (C=O) groups is 4. The number of halogens is 6. The van der Waals surface area contributed by atoms with Crippen molar-refractivity contribution in [3.05, 3.63) is 221 Å². The zero-order valence-corrected chi connectivity index (χ0v) is 80.6. The maximum Gasteiger partial charge on any atom is 0.495 e. The Morgan fingerprint density at radius 3 is 1.01 bits per heavy atom. The quantitative estimate of drug-likeness (QED) is 0.0136. The highest BCUT2D eigenvalue weighted by atomic mass is 127. The normalized spacial score (nSPS) is 24.1. The molecule has 1 aliphatic heterocycles. The number of hydrogen-bond donors (Lipinski definition) is 6. The second-order valence-corrected chi connectivity index (χ2v) is 55.6. The lowest BCUT2D eigenvalue weighted by Crippen LogP contribution is -2.41. The topological polar surface area (TPSA) is 312 Å². The van der Waals surface area contributed by atoms with Crippen molar-refractivity contribution in [2.75, 3.05) is 42.6 Å². The highest BCUT2D eigenvalue weighted by Crippen LogP contribution is 2.52. The van der Waals surface area contributed by atoms with E-state index in [2.05, 4.69) is 143 Å². The van der Waals surface area contributed by atoms with Crippen molar-refractivity contribution in [3.8, 4) is 0 Å². The molecule has 0 radical (unpaired) electrons. The largest absolute Gasteiger partial charge is 0.495 e. The van der Waals surface area contributed by atoms with Crippen LogP contribution in [-0.2, 0) is 74.8 Å². The Kier molecular flexibility index (Phi) is 26.9. The molecule has 5 heterocycles. The number of nitrogens with two attached hydrogens (primary N) is 1. The lowest BCUT2D eigenvalue weighted by atomic mass is 9.75. The summed E-state index contributed by atoms with van der Waals surface area (Å²) in [5.74, 6) is -0.228. The monoisotopic (exact) mass is 1910 g/mol. The lowest BCUT2D eigenvalue weighted by molar-refractivity contribution is -0.143. The Morgan fingerprint density at radius 1 is 0.406 bits per heavy atom. The van der Waals surface area contributed by atoms with Gasteiger partial charge in [0.05, 0.1) is 177 Å². The average molecular weight is 1920 g/mol. The van der Waals surface area contributed by atoms with Gasteiger partial charge in [-0.15, -0.1) is 0 Å². The highest BCUT2D eigenvalue weighted by Gasteiger charge is 2.54. The van der Waals surface area contributed by atoms with Crippen molar-refractivity contribution in [2.24, 2.45) is 29.4 Å². The third kappa shape index (κ3) is 19.9. The molecule has 10 aliphatic rings. The predicted molar refractivity (Wildman–Crippen MR) is 499 cm³/mol. The van der Waals surface area contributed by atoms with Crippen LogP contribution in [0.15, 0.2) is 110 Å². The first-order chi connectivity index (χ1) is 60.6.